The van der Waals surface area contributed by atoms with Gasteiger partial charge in [-0.2, -0.15) is 0 Å². The van der Waals surface area contributed by atoms with Gasteiger partial charge in [0, 0.05) is 19.8 Å². The summed E-state index contributed by atoms with van der Waals surface area (Å²) in [4.78, 5) is 21.7. The molecule has 1 aliphatic carbocycles. The van der Waals surface area contributed by atoms with Gasteiger partial charge >= 0.3 is 11.9 Å². The molecule has 17 heavy (non-hydrogen) atoms. The summed E-state index contributed by atoms with van der Waals surface area (Å²) in [6.45, 7) is 5.92. The fourth-order valence-corrected chi connectivity index (χ4v) is 2.54. The van der Waals surface area contributed by atoms with Crippen molar-refractivity contribution in [3.05, 3.63) is 0 Å². The predicted octanol–water partition coefficient (Wildman–Crippen LogP) is 2.17. The van der Waals surface area contributed by atoms with E-state index in [0.717, 1.165) is 19.3 Å². The summed E-state index contributed by atoms with van der Waals surface area (Å²) in [7, 11) is 0. The molecule has 4 nitrogen and oxygen atoms in total. The van der Waals surface area contributed by atoms with Crippen molar-refractivity contribution in [3.8, 4) is 0 Å². The molecule has 1 fully saturated rings. The van der Waals surface area contributed by atoms with Crippen LogP contribution in [0.15, 0.2) is 0 Å². The Morgan fingerprint density at radius 1 is 1.06 bits per heavy atom. The SMILES string of the molecule is CC(=O)OC[C@H]1CCC[C@@H](C)[C@H]1COC(C)=O. The summed E-state index contributed by atoms with van der Waals surface area (Å²) >= 11 is 0. The molecule has 0 unspecified atom stereocenters. The minimum Gasteiger partial charge on any atom is -0.466 e. The molecule has 0 aromatic carbocycles. The summed E-state index contributed by atoms with van der Waals surface area (Å²) in [5.41, 5.74) is 0. The molecule has 1 aliphatic rings. The van der Waals surface area contributed by atoms with E-state index in [-0.39, 0.29) is 11.9 Å². The molecule has 0 amide bonds. The summed E-state index contributed by atoms with van der Waals surface area (Å²) in [6, 6.07) is 0. The number of hydrogen-bond acceptors (Lipinski definition) is 4. The van der Waals surface area contributed by atoms with Crippen LogP contribution in [0.4, 0.5) is 0 Å². The minimum atomic E-state index is -0.242. The standard InChI is InChI=1S/C13H22O4/c1-9-5-4-6-12(7-16-10(2)14)13(9)8-17-11(3)15/h9,12-13H,4-8H2,1-3H3/t9-,12-,13-/m1/s1. The molecule has 1 saturated carbocycles. The van der Waals surface area contributed by atoms with Gasteiger partial charge in [0.1, 0.15) is 0 Å². The summed E-state index contributed by atoms with van der Waals surface area (Å²) in [5, 5.41) is 0. The summed E-state index contributed by atoms with van der Waals surface area (Å²) in [6.07, 6.45) is 3.36. The van der Waals surface area contributed by atoms with Crippen molar-refractivity contribution in [2.24, 2.45) is 17.8 Å². The molecule has 0 aromatic heterocycles. The molecule has 4 heteroatoms. The largest absolute Gasteiger partial charge is 0.466 e. The van der Waals surface area contributed by atoms with Crippen LogP contribution in [0.3, 0.4) is 0 Å². The molecule has 0 N–H and O–H groups in total. The molecule has 98 valence electrons. The highest BCUT2D eigenvalue weighted by Crippen LogP contribution is 2.35. The van der Waals surface area contributed by atoms with Gasteiger partial charge in [0.05, 0.1) is 13.2 Å². The van der Waals surface area contributed by atoms with Gasteiger partial charge in [-0.3, -0.25) is 9.59 Å². The zero-order valence-corrected chi connectivity index (χ0v) is 10.9. The molecule has 0 spiro atoms. The van der Waals surface area contributed by atoms with Gasteiger partial charge in [0.2, 0.25) is 0 Å². The first kappa shape index (κ1) is 14.0. The molecular weight excluding hydrogens is 220 g/mol. The van der Waals surface area contributed by atoms with Crippen molar-refractivity contribution < 1.29 is 19.1 Å². The Morgan fingerprint density at radius 2 is 1.65 bits per heavy atom. The van der Waals surface area contributed by atoms with E-state index >= 15 is 0 Å². The number of rotatable bonds is 4. The van der Waals surface area contributed by atoms with E-state index < -0.39 is 0 Å². The molecule has 3 atom stereocenters. The molecular formula is C13H22O4. The lowest BCUT2D eigenvalue weighted by Crippen LogP contribution is -2.34. The molecule has 0 aliphatic heterocycles. The van der Waals surface area contributed by atoms with Crippen molar-refractivity contribution in [2.75, 3.05) is 13.2 Å². The molecule has 0 aromatic rings. The van der Waals surface area contributed by atoms with Gasteiger partial charge in [-0.15, -0.1) is 0 Å². The Balaban J connectivity index is 2.50. The number of ether oxygens (including phenoxy) is 2. The maximum absolute atomic E-state index is 10.9. The van der Waals surface area contributed by atoms with Crippen LogP contribution in [-0.2, 0) is 19.1 Å². The van der Waals surface area contributed by atoms with Crippen molar-refractivity contribution in [1.29, 1.82) is 0 Å². The quantitative estimate of drug-likeness (QED) is 0.709. The Morgan fingerprint density at radius 3 is 2.24 bits per heavy atom. The Hall–Kier alpha value is -1.06. The Labute approximate surface area is 103 Å². The van der Waals surface area contributed by atoms with E-state index in [1.165, 1.54) is 13.8 Å². The smallest absolute Gasteiger partial charge is 0.302 e. The predicted molar refractivity (Wildman–Crippen MR) is 63.3 cm³/mol. The maximum Gasteiger partial charge on any atom is 0.302 e. The first-order valence-corrected chi connectivity index (χ1v) is 6.27. The van der Waals surface area contributed by atoms with Crippen LogP contribution >= 0.6 is 0 Å². The molecule has 0 heterocycles. The zero-order chi connectivity index (χ0) is 12.8. The fraction of sp³-hybridized carbons (Fsp3) is 0.846. The third kappa shape index (κ3) is 4.75. The molecule has 1 rings (SSSR count). The van der Waals surface area contributed by atoms with Crippen LogP contribution in [-0.4, -0.2) is 25.2 Å². The van der Waals surface area contributed by atoms with E-state index in [4.69, 9.17) is 9.47 Å². The molecule has 0 saturated heterocycles. The Kier molecular flexibility index (Phi) is 5.45. The minimum absolute atomic E-state index is 0.241. The number of carbonyl (C=O) groups excluding carboxylic acids is 2. The van der Waals surface area contributed by atoms with E-state index in [2.05, 4.69) is 6.92 Å². The zero-order valence-electron chi connectivity index (χ0n) is 10.9. The van der Waals surface area contributed by atoms with Crippen molar-refractivity contribution >= 4 is 11.9 Å². The lowest BCUT2D eigenvalue weighted by atomic mass is 9.73. The summed E-state index contributed by atoms with van der Waals surface area (Å²) < 4.78 is 10.2. The van der Waals surface area contributed by atoms with Crippen molar-refractivity contribution in [1.82, 2.24) is 0 Å². The van der Waals surface area contributed by atoms with Gasteiger partial charge in [-0.1, -0.05) is 19.8 Å². The van der Waals surface area contributed by atoms with E-state index in [0.29, 0.717) is 31.0 Å². The third-order valence-corrected chi connectivity index (χ3v) is 3.55. The van der Waals surface area contributed by atoms with Gasteiger partial charge in [0.25, 0.3) is 0 Å². The van der Waals surface area contributed by atoms with Crippen LogP contribution in [0.1, 0.15) is 40.0 Å². The lowest BCUT2D eigenvalue weighted by molar-refractivity contribution is -0.148. The van der Waals surface area contributed by atoms with Crippen LogP contribution in [0.25, 0.3) is 0 Å². The van der Waals surface area contributed by atoms with Crippen LogP contribution in [0.5, 0.6) is 0 Å². The van der Waals surface area contributed by atoms with Crippen LogP contribution < -0.4 is 0 Å². The third-order valence-electron chi connectivity index (χ3n) is 3.55. The topological polar surface area (TPSA) is 52.6 Å². The van der Waals surface area contributed by atoms with Gasteiger partial charge in [-0.05, 0) is 18.3 Å². The van der Waals surface area contributed by atoms with Crippen LogP contribution in [0.2, 0.25) is 0 Å². The van der Waals surface area contributed by atoms with E-state index in [1.807, 2.05) is 0 Å². The lowest BCUT2D eigenvalue weighted by Gasteiger charge is -2.35. The van der Waals surface area contributed by atoms with Gasteiger partial charge in [-0.25, -0.2) is 0 Å². The highest BCUT2D eigenvalue weighted by atomic mass is 16.5. The average molecular weight is 242 g/mol. The second kappa shape index (κ2) is 6.62. The fourth-order valence-electron chi connectivity index (χ4n) is 2.54. The highest BCUT2D eigenvalue weighted by Gasteiger charge is 2.32. The van der Waals surface area contributed by atoms with Gasteiger partial charge in [0.15, 0.2) is 0 Å². The number of carbonyl (C=O) groups is 2. The normalized spacial score (nSPS) is 28.5. The van der Waals surface area contributed by atoms with Crippen molar-refractivity contribution in [2.45, 2.75) is 40.0 Å². The summed E-state index contributed by atoms with van der Waals surface area (Å²) in [5.74, 6) is 0.668. The van der Waals surface area contributed by atoms with E-state index in [1.54, 1.807) is 0 Å². The second-order valence-electron chi connectivity index (χ2n) is 4.94. The van der Waals surface area contributed by atoms with E-state index in [9.17, 15) is 9.59 Å². The first-order valence-electron chi connectivity index (χ1n) is 6.27. The average Bonchev–Trinajstić information content (AvgIpc) is 2.24. The number of esters is 2. The number of hydrogen-bond donors (Lipinski definition) is 0. The van der Waals surface area contributed by atoms with Crippen LogP contribution in [0, 0.1) is 17.8 Å². The van der Waals surface area contributed by atoms with Gasteiger partial charge < -0.3 is 9.47 Å². The highest BCUT2D eigenvalue weighted by molar-refractivity contribution is 5.66. The maximum atomic E-state index is 10.9. The Bertz CT molecular complexity index is 275. The molecule has 0 bridgehead atoms. The molecule has 0 radical (unpaired) electrons. The first-order chi connectivity index (χ1) is 8.00. The van der Waals surface area contributed by atoms with Crippen molar-refractivity contribution in [3.63, 3.8) is 0 Å². The second-order valence-corrected chi connectivity index (χ2v) is 4.94. The monoisotopic (exact) mass is 242 g/mol.